The Morgan fingerprint density at radius 3 is 2.58 bits per heavy atom. The van der Waals surface area contributed by atoms with Gasteiger partial charge < -0.3 is 5.32 Å². The first-order valence-corrected chi connectivity index (χ1v) is 7.93. The Morgan fingerprint density at radius 2 is 2.00 bits per heavy atom. The highest BCUT2D eigenvalue weighted by Gasteiger charge is 2.15. The minimum atomic E-state index is 0.360. The van der Waals surface area contributed by atoms with E-state index in [-0.39, 0.29) is 0 Å². The number of hydrogen-bond donors (Lipinski definition) is 1. The first kappa shape index (κ1) is 14.6. The summed E-state index contributed by atoms with van der Waals surface area (Å²) in [6, 6.07) is 13.2. The quantitative estimate of drug-likeness (QED) is 0.791. The summed E-state index contributed by atoms with van der Waals surface area (Å²) in [4.78, 5) is 1.33. The molecule has 1 atom stereocenters. The molecule has 3 heteroatoms. The average Bonchev–Trinajstić information content (AvgIpc) is 2.76. The Balaban J connectivity index is 2.15. The van der Waals surface area contributed by atoms with Crippen LogP contribution in [0.25, 0.3) is 0 Å². The van der Waals surface area contributed by atoms with E-state index in [9.17, 15) is 0 Å². The normalized spacial score (nSPS) is 12.6. The second kappa shape index (κ2) is 7.09. The van der Waals surface area contributed by atoms with E-state index < -0.39 is 0 Å². The summed E-state index contributed by atoms with van der Waals surface area (Å²) in [5, 5.41) is 3.63. The molecule has 1 nitrogen and oxygen atoms in total. The van der Waals surface area contributed by atoms with E-state index in [0.717, 1.165) is 23.7 Å². The zero-order valence-corrected chi connectivity index (χ0v) is 13.0. The van der Waals surface area contributed by atoms with Gasteiger partial charge in [0.1, 0.15) is 0 Å². The topological polar surface area (TPSA) is 12.0 Å². The van der Waals surface area contributed by atoms with E-state index in [1.165, 1.54) is 16.0 Å². The molecular weight excluding hydrogens is 274 g/mol. The number of nitrogens with one attached hydrogen (secondary N) is 1. The van der Waals surface area contributed by atoms with Gasteiger partial charge in [0.2, 0.25) is 0 Å². The molecule has 1 unspecified atom stereocenters. The molecule has 102 valence electrons. The molecule has 2 rings (SSSR count). The molecule has 1 heterocycles. The molecule has 0 fully saturated rings. The molecule has 0 saturated carbocycles. The Labute approximate surface area is 124 Å². The van der Waals surface area contributed by atoms with Crippen LogP contribution in [0.1, 0.15) is 35.4 Å². The van der Waals surface area contributed by atoms with Crippen molar-refractivity contribution in [1.82, 2.24) is 5.32 Å². The van der Waals surface area contributed by atoms with Gasteiger partial charge >= 0.3 is 0 Å². The van der Waals surface area contributed by atoms with Crippen molar-refractivity contribution in [1.29, 1.82) is 0 Å². The number of rotatable bonds is 6. The smallest absolute Gasteiger partial charge is 0.0960 e. The third-order valence-corrected chi connectivity index (χ3v) is 4.81. The molecule has 1 aromatic carbocycles. The van der Waals surface area contributed by atoms with Gasteiger partial charge in [-0.3, -0.25) is 0 Å². The van der Waals surface area contributed by atoms with Gasteiger partial charge in [-0.25, -0.2) is 0 Å². The second-order valence-electron chi connectivity index (χ2n) is 4.80. The molecule has 0 spiro atoms. The van der Waals surface area contributed by atoms with Gasteiger partial charge in [0.25, 0.3) is 0 Å². The fourth-order valence-corrected chi connectivity index (χ4v) is 3.39. The largest absolute Gasteiger partial charge is 0.309 e. The maximum Gasteiger partial charge on any atom is 0.0960 e. The molecule has 0 radical (unpaired) electrons. The van der Waals surface area contributed by atoms with Crippen molar-refractivity contribution in [2.45, 2.75) is 32.7 Å². The van der Waals surface area contributed by atoms with Crippen molar-refractivity contribution < 1.29 is 0 Å². The minimum Gasteiger partial charge on any atom is -0.309 e. The van der Waals surface area contributed by atoms with Gasteiger partial charge in [0, 0.05) is 10.9 Å². The predicted molar refractivity (Wildman–Crippen MR) is 85.2 cm³/mol. The summed E-state index contributed by atoms with van der Waals surface area (Å²) >= 11 is 7.90. The van der Waals surface area contributed by atoms with Crippen molar-refractivity contribution in [2.75, 3.05) is 6.54 Å². The van der Waals surface area contributed by atoms with E-state index in [1.807, 2.05) is 0 Å². The third kappa shape index (κ3) is 4.07. The molecule has 0 aliphatic rings. The van der Waals surface area contributed by atoms with Crippen molar-refractivity contribution in [3.63, 3.8) is 0 Å². The van der Waals surface area contributed by atoms with Crippen molar-refractivity contribution in [3.8, 4) is 0 Å². The molecule has 0 aliphatic carbocycles. The number of aryl methyl sites for hydroxylation is 1. The molecule has 0 bridgehead atoms. The fourth-order valence-electron chi connectivity index (χ4n) is 2.10. The average molecular weight is 294 g/mol. The lowest BCUT2D eigenvalue weighted by atomic mass is 10.0. The van der Waals surface area contributed by atoms with Crippen LogP contribution < -0.4 is 5.32 Å². The zero-order valence-electron chi connectivity index (χ0n) is 11.4. The lowest BCUT2D eigenvalue weighted by Gasteiger charge is -2.17. The van der Waals surface area contributed by atoms with Crippen LogP contribution in [0.2, 0.25) is 4.34 Å². The minimum absolute atomic E-state index is 0.360. The molecule has 0 saturated heterocycles. The number of benzene rings is 1. The number of hydrogen-bond acceptors (Lipinski definition) is 2. The number of thiophene rings is 1. The highest BCUT2D eigenvalue weighted by atomic mass is 35.5. The van der Waals surface area contributed by atoms with E-state index >= 15 is 0 Å². The molecule has 1 aromatic heterocycles. The van der Waals surface area contributed by atoms with Crippen LogP contribution in [0.15, 0.2) is 36.4 Å². The monoisotopic (exact) mass is 293 g/mol. The highest BCUT2D eigenvalue weighted by Crippen LogP contribution is 2.32. The fraction of sp³-hybridized carbons (Fsp3) is 0.375. The van der Waals surface area contributed by atoms with E-state index in [0.29, 0.717) is 6.04 Å². The van der Waals surface area contributed by atoms with Crippen LogP contribution in [0.3, 0.4) is 0 Å². The molecule has 0 aliphatic heterocycles. The van der Waals surface area contributed by atoms with Crippen LogP contribution in [0.5, 0.6) is 0 Å². The van der Waals surface area contributed by atoms with Gasteiger partial charge in [-0.2, -0.15) is 0 Å². The molecule has 19 heavy (non-hydrogen) atoms. The van der Waals surface area contributed by atoms with Crippen molar-refractivity contribution in [3.05, 3.63) is 56.7 Å². The van der Waals surface area contributed by atoms with Gasteiger partial charge in [-0.15, -0.1) is 11.3 Å². The van der Waals surface area contributed by atoms with Crippen LogP contribution in [0.4, 0.5) is 0 Å². The van der Waals surface area contributed by atoms with Gasteiger partial charge in [-0.05, 0) is 43.5 Å². The van der Waals surface area contributed by atoms with Crippen LogP contribution in [-0.2, 0) is 6.42 Å². The Bertz CT molecular complexity index is 487. The number of halogens is 1. The Morgan fingerprint density at radius 1 is 1.26 bits per heavy atom. The first-order chi connectivity index (χ1) is 9.20. The van der Waals surface area contributed by atoms with Crippen LogP contribution >= 0.6 is 22.9 Å². The van der Waals surface area contributed by atoms with E-state index in [1.54, 1.807) is 11.3 Å². The zero-order chi connectivity index (χ0) is 13.7. The SMILES string of the molecule is CCCNC(Cc1ccccc1)c1cc(C)c(Cl)s1. The summed E-state index contributed by atoms with van der Waals surface area (Å²) in [7, 11) is 0. The molecule has 0 amide bonds. The van der Waals surface area contributed by atoms with E-state index in [2.05, 4.69) is 55.6 Å². The Hall–Kier alpha value is -0.830. The van der Waals surface area contributed by atoms with Crippen LogP contribution in [0, 0.1) is 6.92 Å². The van der Waals surface area contributed by atoms with Crippen molar-refractivity contribution in [2.24, 2.45) is 0 Å². The third-order valence-electron chi connectivity index (χ3n) is 3.14. The van der Waals surface area contributed by atoms with Crippen molar-refractivity contribution >= 4 is 22.9 Å². The van der Waals surface area contributed by atoms with Crippen LogP contribution in [-0.4, -0.2) is 6.54 Å². The predicted octanol–water partition coefficient (Wildman–Crippen LogP) is 4.99. The highest BCUT2D eigenvalue weighted by molar-refractivity contribution is 7.16. The summed E-state index contributed by atoms with van der Waals surface area (Å²) in [6.07, 6.45) is 2.15. The van der Waals surface area contributed by atoms with Gasteiger partial charge in [0.15, 0.2) is 0 Å². The second-order valence-corrected chi connectivity index (χ2v) is 6.49. The lowest BCUT2D eigenvalue weighted by Crippen LogP contribution is -2.23. The summed E-state index contributed by atoms with van der Waals surface area (Å²) in [6.45, 7) is 5.30. The first-order valence-electron chi connectivity index (χ1n) is 6.74. The Kier molecular flexibility index (Phi) is 5.44. The summed E-state index contributed by atoms with van der Waals surface area (Å²) in [5.41, 5.74) is 2.54. The van der Waals surface area contributed by atoms with Gasteiger partial charge in [-0.1, -0.05) is 48.9 Å². The van der Waals surface area contributed by atoms with E-state index in [4.69, 9.17) is 11.6 Å². The van der Waals surface area contributed by atoms with Gasteiger partial charge in [0.05, 0.1) is 4.34 Å². The summed E-state index contributed by atoms with van der Waals surface area (Å²) in [5.74, 6) is 0. The standard InChI is InChI=1S/C16H20ClNS/c1-3-9-18-14(11-13-7-5-4-6-8-13)15-10-12(2)16(17)19-15/h4-8,10,14,18H,3,9,11H2,1-2H3. The summed E-state index contributed by atoms with van der Waals surface area (Å²) < 4.78 is 0.909. The maximum absolute atomic E-state index is 6.20. The molecular formula is C16H20ClNS. The molecule has 2 aromatic rings. The molecule has 1 N–H and O–H groups in total. The maximum atomic E-state index is 6.20. The lowest BCUT2D eigenvalue weighted by molar-refractivity contribution is 0.536.